The van der Waals surface area contributed by atoms with Gasteiger partial charge < -0.3 is 9.63 Å². The number of hydrogen-bond donors (Lipinski definition) is 1. The number of amides is 1. The summed E-state index contributed by atoms with van der Waals surface area (Å²) in [6, 6.07) is 0. The summed E-state index contributed by atoms with van der Waals surface area (Å²) in [6.45, 7) is 11.4. The van der Waals surface area contributed by atoms with Crippen molar-refractivity contribution in [3.63, 3.8) is 0 Å². The molecule has 1 N–H and O–H groups in total. The quantitative estimate of drug-likeness (QED) is 0.845. The summed E-state index contributed by atoms with van der Waals surface area (Å²) in [5.74, 6) is 0.100. The summed E-state index contributed by atoms with van der Waals surface area (Å²) in [5, 5.41) is 14.2. The van der Waals surface area contributed by atoms with E-state index in [1.807, 2.05) is 27.7 Å². The Kier molecular flexibility index (Phi) is 3.05. The summed E-state index contributed by atoms with van der Waals surface area (Å²) in [6.07, 6.45) is -0.966. The molecule has 1 aliphatic rings. The Morgan fingerprint density at radius 3 is 2.21 bits per heavy atom. The van der Waals surface area contributed by atoms with Gasteiger partial charge in [-0.2, -0.15) is 0 Å². The maximum absolute atomic E-state index is 12.2. The van der Waals surface area contributed by atoms with Crippen molar-refractivity contribution in [3.05, 3.63) is 22.4 Å². The molecule has 2 rings (SSSR count). The van der Waals surface area contributed by atoms with E-state index in [1.54, 1.807) is 13.8 Å². The fourth-order valence-corrected chi connectivity index (χ4v) is 2.30. The molecule has 104 valence electrons. The summed E-state index contributed by atoms with van der Waals surface area (Å²) in [7, 11) is 0. The Morgan fingerprint density at radius 2 is 1.84 bits per heavy atom. The summed E-state index contributed by atoms with van der Waals surface area (Å²) in [4.78, 5) is 13.4. The summed E-state index contributed by atoms with van der Waals surface area (Å²) in [5.41, 5.74) is 2.63. The predicted molar refractivity (Wildman–Crippen MR) is 71.8 cm³/mol. The van der Waals surface area contributed by atoms with E-state index in [0.29, 0.717) is 17.0 Å². The van der Waals surface area contributed by atoms with Gasteiger partial charge in [0, 0.05) is 16.6 Å². The highest BCUT2D eigenvalue weighted by molar-refractivity contribution is 6.08. The second kappa shape index (κ2) is 4.20. The average Bonchev–Trinajstić information content (AvgIpc) is 2.76. The molecule has 0 bridgehead atoms. The second-order valence-corrected chi connectivity index (χ2v) is 6.07. The molecule has 0 aromatic carbocycles. The molecule has 5 heteroatoms. The first kappa shape index (κ1) is 13.8. The van der Waals surface area contributed by atoms with E-state index in [4.69, 9.17) is 4.52 Å². The minimum atomic E-state index is -0.966. The molecule has 19 heavy (non-hydrogen) atoms. The molecular formula is C14H20N2O3. The molecule has 1 aliphatic heterocycles. The van der Waals surface area contributed by atoms with Gasteiger partial charge in [0.1, 0.15) is 0 Å². The van der Waals surface area contributed by atoms with Crippen LogP contribution in [0.4, 0.5) is 5.88 Å². The molecule has 0 fully saturated rings. The molecule has 5 nitrogen and oxygen atoms in total. The van der Waals surface area contributed by atoms with Crippen LogP contribution in [0.15, 0.2) is 15.7 Å². The van der Waals surface area contributed by atoms with Crippen molar-refractivity contribution >= 4 is 11.8 Å². The molecule has 1 unspecified atom stereocenters. The zero-order valence-corrected chi connectivity index (χ0v) is 12.2. The van der Waals surface area contributed by atoms with E-state index in [9.17, 15) is 9.90 Å². The number of rotatable bonds is 1. The van der Waals surface area contributed by atoms with E-state index in [2.05, 4.69) is 5.16 Å². The SMILES string of the molecule is CC1=C(C)C(O)N(c2onc(C(C)(C)C)c2C)C1=O. The topological polar surface area (TPSA) is 66.6 Å². The Hall–Kier alpha value is -1.62. The van der Waals surface area contributed by atoms with E-state index in [-0.39, 0.29) is 11.3 Å². The number of hydrogen-bond acceptors (Lipinski definition) is 4. The van der Waals surface area contributed by atoms with Gasteiger partial charge in [0.2, 0.25) is 5.88 Å². The van der Waals surface area contributed by atoms with Crippen LogP contribution >= 0.6 is 0 Å². The third-order valence-electron chi connectivity index (χ3n) is 3.59. The Balaban J connectivity index is 2.46. The van der Waals surface area contributed by atoms with Gasteiger partial charge in [-0.1, -0.05) is 25.9 Å². The normalized spacial score (nSPS) is 20.7. The molecule has 0 spiro atoms. The van der Waals surface area contributed by atoms with E-state index < -0.39 is 6.23 Å². The molecule has 0 radical (unpaired) electrons. The molecule has 0 aliphatic carbocycles. The number of anilines is 1. The van der Waals surface area contributed by atoms with Crippen LogP contribution < -0.4 is 4.90 Å². The minimum absolute atomic E-state index is 0.170. The van der Waals surface area contributed by atoms with Crippen molar-refractivity contribution in [1.29, 1.82) is 0 Å². The van der Waals surface area contributed by atoms with Crippen molar-refractivity contribution in [1.82, 2.24) is 5.16 Å². The van der Waals surface area contributed by atoms with Crippen LogP contribution in [0, 0.1) is 6.92 Å². The lowest BCUT2D eigenvalue weighted by molar-refractivity contribution is -0.115. The highest BCUT2D eigenvalue weighted by Crippen LogP contribution is 2.36. The van der Waals surface area contributed by atoms with Gasteiger partial charge in [0.05, 0.1) is 5.69 Å². The first-order chi connectivity index (χ1) is 8.66. The maximum Gasteiger partial charge on any atom is 0.258 e. The molecular weight excluding hydrogens is 244 g/mol. The number of nitrogens with zero attached hydrogens (tertiary/aromatic N) is 2. The zero-order valence-electron chi connectivity index (χ0n) is 12.2. The fourth-order valence-electron chi connectivity index (χ4n) is 2.30. The molecule has 2 heterocycles. The summed E-state index contributed by atoms with van der Waals surface area (Å²) >= 11 is 0. The van der Waals surface area contributed by atoms with Crippen LogP contribution in [0.1, 0.15) is 45.9 Å². The largest absolute Gasteiger partial charge is 0.369 e. The van der Waals surface area contributed by atoms with Crippen molar-refractivity contribution in [2.24, 2.45) is 0 Å². The van der Waals surface area contributed by atoms with Gasteiger partial charge in [0.15, 0.2) is 6.23 Å². The number of aliphatic hydroxyl groups is 1. The van der Waals surface area contributed by atoms with Crippen molar-refractivity contribution in [2.45, 2.75) is 53.2 Å². The maximum atomic E-state index is 12.2. The average molecular weight is 264 g/mol. The van der Waals surface area contributed by atoms with Crippen LogP contribution in [-0.2, 0) is 10.2 Å². The molecule has 1 aromatic heterocycles. The van der Waals surface area contributed by atoms with E-state index in [0.717, 1.165) is 11.3 Å². The lowest BCUT2D eigenvalue weighted by Crippen LogP contribution is -2.35. The highest BCUT2D eigenvalue weighted by atomic mass is 16.5. The van der Waals surface area contributed by atoms with Gasteiger partial charge in [-0.25, -0.2) is 4.90 Å². The zero-order chi connectivity index (χ0) is 14.5. The number of carbonyl (C=O) groups is 1. The molecule has 0 saturated carbocycles. The first-order valence-electron chi connectivity index (χ1n) is 6.32. The minimum Gasteiger partial charge on any atom is -0.369 e. The number of aromatic nitrogens is 1. The fraction of sp³-hybridized carbons (Fsp3) is 0.571. The van der Waals surface area contributed by atoms with Crippen molar-refractivity contribution in [2.75, 3.05) is 4.90 Å². The van der Waals surface area contributed by atoms with Gasteiger partial charge in [0.25, 0.3) is 5.91 Å². The van der Waals surface area contributed by atoms with Crippen LogP contribution in [0.2, 0.25) is 0 Å². The standard InChI is InChI=1S/C14H20N2O3/c1-7-8(2)12(18)16(11(7)17)13-9(3)10(15-19-13)14(4,5)6/h11,17H,1-6H3. The van der Waals surface area contributed by atoms with Crippen molar-refractivity contribution < 1.29 is 14.4 Å². The first-order valence-corrected chi connectivity index (χ1v) is 6.32. The number of aliphatic hydroxyl groups excluding tert-OH is 1. The molecule has 1 amide bonds. The lowest BCUT2D eigenvalue weighted by atomic mass is 9.90. The Bertz CT molecular complexity index is 564. The van der Waals surface area contributed by atoms with E-state index in [1.165, 1.54) is 4.90 Å². The molecule has 0 saturated heterocycles. The lowest BCUT2D eigenvalue weighted by Gasteiger charge is -2.20. The third kappa shape index (κ3) is 1.98. The predicted octanol–water partition coefficient (Wildman–Crippen LogP) is 2.28. The summed E-state index contributed by atoms with van der Waals surface area (Å²) < 4.78 is 5.31. The molecule has 1 atom stereocenters. The number of carbonyl (C=O) groups excluding carboxylic acids is 1. The Morgan fingerprint density at radius 1 is 1.26 bits per heavy atom. The van der Waals surface area contributed by atoms with Crippen LogP contribution in [0.3, 0.4) is 0 Å². The van der Waals surface area contributed by atoms with Gasteiger partial charge in [-0.3, -0.25) is 4.79 Å². The van der Waals surface area contributed by atoms with Crippen LogP contribution in [0.5, 0.6) is 0 Å². The van der Waals surface area contributed by atoms with Crippen LogP contribution in [0.25, 0.3) is 0 Å². The Labute approximate surface area is 112 Å². The van der Waals surface area contributed by atoms with Crippen LogP contribution in [-0.4, -0.2) is 22.4 Å². The third-order valence-corrected chi connectivity index (χ3v) is 3.59. The van der Waals surface area contributed by atoms with Gasteiger partial charge >= 0.3 is 0 Å². The van der Waals surface area contributed by atoms with Gasteiger partial charge in [-0.05, 0) is 26.3 Å². The monoisotopic (exact) mass is 264 g/mol. The smallest absolute Gasteiger partial charge is 0.258 e. The van der Waals surface area contributed by atoms with Gasteiger partial charge in [-0.15, -0.1) is 0 Å². The van der Waals surface area contributed by atoms with E-state index >= 15 is 0 Å². The molecule has 1 aromatic rings. The highest BCUT2D eigenvalue weighted by Gasteiger charge is 2.39. The second-order valence-electron chi connectivity index (χ2n) is 6.07. The van der Waals surface area contributed by atoms with Crippen molar-refractivity contribution in [3.8, 4) is 0 Å².